The molecule has 0 saturated carbocycles. The highest BCUT2D eigenvalue weighted by Gasteiger charge is 2.57. The number of aromatic nitrogens is 2. The van der Waals surface area contributed by atoms with Gasteiger partial charge in [0.2, 0.25) is 11.7 Å². The first kappa shape index (κ1) is 24.8. The molecule has 0 saturated heterocycles. The van der Waals surface area contributed by atoms with Crippen LogP contribution in [0.1, 0.15) is 32.6 Å². The number of nitrogens with zero attached hydrogens (tertiary/aromatic N) is 2. The van der Waals surface area contributed by atoms with Crippen molar-refractivity contribution in [3.63, 3.8) is 0 Å². The van der Waals surface area contributed by atoms with Crippen LogP contribution in [0.3, 0.4) is 0 Å². The van der Waals surface area contributed by atoms with Gasteiger partial charge in [-0.2, -0.15) is 13.2 Å². The lowest BCUT2D eigenvalue weighted by Gasteiger charge is -2.39. The summed E-state index contributed by atoms with van der Waals surface area (Å²) in [4.78, 5) is 45.0. The average Bonchev–Trinajstić information content (AvgIpc) is 3.35. The largest absolute Gasteiger partial charge is 0.491 e. The zero-order valence-electron chi connectivity index (χ0n) is 19.7. The number of carboxylic acid groups (broad SMARTS) is 1. The van der Waals surface area contributed by atoms with E-state index in [2.05, 4.69) is 15.3 Å². The average molecular weight is 524 g/mol. The number of fused-ring (bicyclic) bond motifs is 2. The topological polar surface area (TPSA) is 125 Å². The number of ether oxygens (including phenoxy) is 1. The molecule has 1 aromatic heterocycles. The molecule has 38 heavy (non-hydrogen) atoms. The third kappa shape index (κ3) is 4.19. The molecular weight excluding hydrogens is 505 g/mol. The Balaban J connectivity index is 1.75. The van der Waals surface area contributed by atoms with Crippen LogP contribution >= 0.6 is 0 Å². The number of rotatable bonds is 5. The number of nitrogens with one attached hydrogen (secondary N) is 2. The predicted octanol–water partition coefficient (Wildman–Crippen LogP) is 4.92. The minimum absolute atomic E-state index is 0.0157. The number of esters is 1. The van der Waals surface area contributed by atoms with E-state index in [-0.39, 0.29) is 34.7 Å². The van der Waals surface area contributed by atoms with Gasteiger partial charge in [0.15, 0.2) is 0 Å². The lowest BCUT2D eigenvalue weighted by molar-refractivity contribution is -0.222. The summed E-state index contributed by atoms with van der Waals surface area (Å²) < 4.78 is 46.0. The van der Waals surface area contributed by atoms with Crippen LogP contribution in [-0.2, 0) is 21.8 Å². The minimum atomic E-state index is -5.35. The number of alkyl halides is 3. The summed E-state index contributed by atoms with van der Waals surface area (Å²) in [5.41, 5.74) is -0.161. The van der Waals surface area contributed by atoms with Crippen LogP contribution in [0.5, 0.6) is 0 Å². The Morgan fingerprint density at radius 2 is 1.87 bits per heavy atom. The third-order valence-corrected chi connectivity index (χ3v) is 6.14. The molecule has 0 spiro atoms. The number of carbonyl (C=O) groups is 3. The summed E-state index contributed by atoms with van der Waals surface area (Å²) in [5, 5.41) is 11.1. The van der Waals surface area contributed by atoms with Crippen LogP contribution in [0.4, 0.5) is 23.9 Å². The summed E-state index contributed by atoms with van der Waals surface area (Å²) >= 11 is 0. The third-order valence-electron chi connectivity index (χ3n) is 6.14. The number of halogens is 3. The van der Waals surface area contributed by atoms with Gasteiger partial charge in [0, 0.05) is 16.7 Å². The van der Waals surface area contributed by atoms with Gasteiger partial charge in [-0.25, -0.2) is 14.6 Å². The van der Waals surface area contributed by atoms with Gasteiger partial charge < -0.3 is 14.8 Å². The van der Waals surface area contributed by atoms with Crippen LogP contribution in [0, 0.1) is 6.92 Å². The van der Waals surface area contributed by atoms with Gasteiger partial charge in [-0.3, -0.25) is 15.0 Å². The van der Waals surface area contributed by atoms with E-state index in [4.69, 9.17) is 9.84 Å². The molecule has 0 fully saturated rings. The Morgan fingerprint density at radius 1 is 1.11 bits per heavy atom. The number of H-pyrrole nitrogens is 1. The van der Waals surface area contributed by atoms with E-state index < -0.39 is 29.9 Å². The van der Waals surface area contributed by atoms with Crippen LogP contribution in [0.2, 0.25) is 0 Å². The SMILES string of the molecule is Cc1cccc(CN2C(=O)c3ccccc3C2(OC(=O)C(F)(F)F)c2ccc3[nH]c(NC(=O)O)nc3c2)c1. The molecule has 1 aliphatic rings. The Kier molecular flexibility index (Phi) is 5.81. The van der Waals surface area contributed by atoms with Crippen molar-refractivity contribution >= 4 is 35.0 Å². The van der Waals surface area contributed by atoms with Crippen molar-refractivity contribution in [3.8, 4) is 0 Å². The second-order valence-corrected chi connectivity index (χ2v) is 8.70. The second kappa shape index (κ2) is 8.91. The number of carbonyl (C=O) groups excluding carboxylic acids is 2. The quantitative estimate of drug-likeness (QED) is 0.318. The maximum absolute atomic E-state index is 13.7. The van der Waals surface area contributed by atoms with E-state index in [1.165, 1.54) is 36.4 Å². The highest BCUT2D eigenvalue weighted by molar-refractivity contribution is 6.01. The van der Waals surface area contributed by atoms with E-state index in [1.807, 2.05) is 13.0 Å². The number of aromatic amines is 1. The van der Waals surface area contributed by atoms with Gasteiger partial charge in [-0.15, -0.1) is 0 Å². The summed E-state index contributed by atoms with van der Waals surface area (Å²) in [5.74, 6) is -3.23. The molecule has 9 nitrogen and oxygen atoms in total. The van der Waals surface area contributed by atoms with E-state index in [0.717, 1.165) is 10.5 Å². The number of imidazole rings is 1. The van der Waals surface area contributed by atoms with Crippen molar-refractivity contribution < 1.29 is 37.4 Å². The molecule has 3 N–H and O–H groups in total. The van der Waals surface area contributed by atoms with E-state index in [0.29, 0.717) is 11.1 Å². The number of hydrogen-bond acceptors (Lipinski definition) is 5. The zero-order chi connectivity index (χ0) is 27.2. The Labute approximate surface area is 212 Å². The fourth-order valence-electron chi connectivity index (χ4n) is 4.62. The van der Waals surface area contributed by atoms with Gasteiger partial charge in [0.1, 0.15) is 0 Å². The highest BCUT2D eigenvalue weighted by atomic mass is 19.4. The number of aryl methyl sites for hydroxylation is 1. The van der Waals surface area contributed by atoms with Crippen molar-refractivity contribution in [1.29, 1.82) is 0 Å². The lowest BCUT2D eigenvalue weighted by atomic mass is 9.92. The second-order valence-electron chi connectivity index (χ2n) is 8.70. The molecule has 1 unspecified atom stereocenters. The molecule has 2 amide bonds. The van der Waals surface area contributed by atoms with Crippen LogP contribution in [0.25, 0.3) is 11.0 Å². The minimum Gasteiger partial charge on any atom is -0.465 e. The zero-order valence-corrected chi connectivity index (χ0v) is 19.7. The normalized spacial score (nSPS) is 16.9. The highest BCUT2D eigenvalue weighted by Crippen LogP contribution is 2.47. The van der Waals surface area contributed by atoms with Crippen molar-refractivity contribution in [1.82, 2.24) is 14.9 Å². The maximum Gasteiger partial charge on any atom is 0.491 e. The smallest absolute Gasteiger partial charge is 0.465 e. The number of anilines is 1. The molecule has 4 aromatic rings. The first-order valence-corrected chi connectivity index (χ1v) is 11.3. The van der Waals surface area contributed by atoms with Gasteiger partial charge in [0.25, 0.3) is 5.91 Å². The molecule has 194 valence electrons. The summed E-state index contributed by atoms with van der Waals surface area (Å²) in [6.07, 6.45) is -6.73. The van der Waals surface area contributed by atoms with E-state index in [9.17, 15) is 27.6 Å². The summed E-state index contributed by atoms with van der Waals surface area (Å²) in [6.45, 7) is 1.65. The fraction of sp³-hybridized carbons (Fsp3) is 0.154. The molecule has 0 radical (unpaired) electrons. The molecule has 0 bridgehead atoms. The van der Waals surface area contributed by atoms with Gasteiger partial charge in [0.05, 0.1) is 17.6 Å². The van der Waals surface area contributed by atoms with Crippen molar-refractivity contribution in [2.24, 2.45) is 0 Å². The van der Waals surface area contributed by atoms with E-state index >= 15 is 0 Å². The molecular formula is C26H19F3N4O5. The number of hydrogen-bond donors (Lipinski definition) is 3. The first-order valence-electron chi connectivity index (χ1n) is 11.3. The fourth-order valence-corrected chi connectivity index (χ4v) is 4.62. The molecule has 2 heterocycles. The van der Waals surface area contributed by atoms with Crippen LogP contribution in [0.15, 0.2) is 66.7 Å². The monoisotopic (exact) mass is 524 g/mol. The molecule has 3 aromatic carbocycles. The molecule has 5 rings (SSSR count). The first-order chi connectivity index (χ1) is 18.0. The maximum atomic E-state index is 13.7. The molecule has 1 atom stereocenters. The number of benzene rings is 3. The standard InChI is InChI=1S/C26H19F3N4O5/c1-14-5-4-6-15(11-14)13-33-21(34)17-7-2-3-8-18(17)25(33,38-22(35)26(27,28)29)16-9-10-19-20(12-16)31-23(30-19)32-24(36)37/h2-12H,13H2,1H3,(H,36,37)(H2,30,31,32). The summed E-state index contributed by atoms with van der Waals surface area (Å²) in [6, 6.07) is 17.2. The predicted molar refractivity (Wildman–Crippen MR) is 128 cm³/mol. The van der Waals surface area contributed by atoms with Crippen LogP contribution < -0.4 is 5.32 Å². The van der Waals surface area contributed by atoms with E-state index in [1.54, 1.807) is 24.3 Å². The van der Waals surface area contributed by atoms with Gasteiger partial charge >= 0.3 is 18.2 Å². The lowest BCUT2D eigenvalue weighted by Crippen LogP contribution is -2.49. The van der Waals surface area contributed by atoms with Gasteiger partial charge in [-0.05, 0) is 30.7 Å². The van der Waals surface area contributed by atoms with Crippen molar-refractivity contribution in [2.75, 3.05) is 5.32 Å². The Morgan fingerprint density at radius 3 is 2.58 bits per heavy atom. The molecule has 1 aliphatic heterocycles. The van der Waals surface area contributed by atoms with Crippen molar-refractivity contribution in [3.05, 3.63) is 94.5 Å². The number of amides is 2. The van der Waals surface area contributed by atoms with Crippen molar-refractivity contribution in [2.45, 2.75) is 25.4 Å². The summed E-state index contributed by atoms with van der Waals surface area (Å²) in [7, 11) is 0. The Bertz CT molecular complexity index is 1600. The van der Waals surface area contributed by atoms with Crippen LogP contribution in [-0.4, -0.2) is 44.1 Å². The van der Waals surface area contributed by atoms with Gasteiger partial charge in [-0.1, -0.05) is 54.1 Å². The Hall–Kier alpha value is -4.87. The molecule has 0 aliphatic carbocycles. The molecule has 12 heteroatoms.